The van der Waals surface area contributed by atoms with Crippen LogP contribution in [-0.4, -0.2) is 16.8 Å². The minimum atomic E-state index is -1.87. The maximum absolute atomic E-state index is 12.1. The summed E-state index contributed by atoms with van der Waals surface area (Å²) in [6.07, 6.45) is 1.01. The van der Waals surface area contributed by atoms with E-state index < -0.39 is 17.3 Å². The Balaban J connectivity index is 1.98. The normalized spacial score (nSPS) is 20.6. The molecule has 1 aliphatic heterocycles. The van der Waals surface area contributed by atoms with Crippen molar-refractivity contribution < 1.29 is 19.1 Å². The summed E-state index contributed by atoms with van der Waals surface area (Å²) in [5.41, 5.74) is -0.979. The van der Waals surface area contributed by atoms with Gasteiger partial charge in [0.25, 0.3) is 5.91 Å². The number of nitrogens with one attached hydrogen (secondary N) is 1. The van der Waals surface area contributed by atoms with E-state index in [0.717, 1.165) is 4.47 Å². The Labute approximate surface area is 122 Å². The zero-order valence-electron chi connectivity index (χ0n) is 10.2. The van der Waals surface area contributed by atoms with Gasteiger partial charge in [0.1, 0.15) is 0 Å². The third-order valence-electron chi connectivity index (χ3n) is 3.26. The van der Waals surface area contributed by atoms with Gasteiger partial charge in [-0.05, 0) is 30.3 Å². The molecule has 1 aliphatic rings. The molecule has 0 saturated heterocycles. The summed E-state index contributed by atoms with van der Waals surface area (Å²) in [7, 11) is 0. The third-order valence-corrected chi connectivity index (χ3v) is 3.76. The predicted molar refractivity (Wildman–Crippen MR) is 74.3 cm³/mol. The van der Waals surface area contributed by atoms with Crippen molar-refractivity contribution in [3.8, 4) is 0 Å². The van der Waals surface area contributed by atoms with Crippen molar-refractivity contribution in [1.82, 2.24) is 0 Å². The van der Waals surface area contributed by atoms with Crippen LogP contribution >= 0.6 is 15.9 Å². The number of anilines is 1. The van der Waals surface area contributed by atoms with E-state index in [4.69, 9.17) is 4.42 Å². The van der Waals surface area contributed by atoms with E-state index in [9.17, 15) is 14.7 Å². The monoisotopic (exact) mass is 335 g/mol. The average Bonchev–Trinajstić information content (AvgIpc) is 3.00. The highest BCUT2D eigenvalue weighted by molar-refractivity contribution is 9.10. The molecule has 2 heterocycles. The molecule has 1 amide bonds. The highest BCUT2D eigenvalue weighted by atomic mass is 79.9. The Morgan fingerprint density at radius 3 is 2.90 bits per heavy atom. The number of amides is 1. The average molecular weight is 336 g/mol. The number of halogens is 1. The van der Waals surface area contributed by atoms with E-state index in [1.807, 2.05) is 0 Å². The van der Waals surface area contributed by atoms with Gasteiger partial charge in [0.2, 0.25) is 5.78 Å². The van der Waals surface area contributed by atoms with Crippen LogP contribution in [-0.2, 0) is 10.4 Å². The number of furan rings is 1. The minimum Gasteiger partial charge on any atom is -0.461 e. The fourth-order valence-electron chi connectivity index (χ4n) is 2.25. The Morgan fingerprint density at radius 2 is 2.20 bits per heavy atom. The molecule has 0 fully saturated rings. The van der Waals surface area contributed by atoms with Crippen LogP contribution in [0.15, 0.2) is 45.5 Å². The molecule has 20 heavy (non-hydrogen) atoms. The molecule has 1 atom stereocenters. The summed E-state index contributed by atoms with van der Waals surface area (Å²) in [6, 6.07) is 8.13. The fourth-order valence-corrected chi connectivity index (χ4v) is 2.61. The zero-order valence-corrected chi connectivity index (χ0v) is 11.8. The Morgan fingerprint density at radius 1 is 1.40 bits per heavy atom. The van der Waals surface area contributed by atoms with Crippen molar-refractivity contribution in [2.24, 2.45) is 0 Å². The van der Waals surface area contributed by atoms with Gasteiger partial charge in [-0.2, -0.15) is 0 Å². The van der Waals surface area contributed by atoms with Crippen LogP contribution in [0.3, 0.4) is 0 Å². The predicted octanol–water partition coefficient (Wildman–Crippen LogP) is 2.45. The lowest BCUT2D eigenvalue weighted by Gasteiger charge is -2.19. The third kappa shape index (κ3) is 1.97. The highest BCUT2D eigenvalue weighted by Crippen LogP contribution is 2.40. The lowest BCUT2D eigenvalue weighted by molar-refractivity contribution is -0.133. The SMILES string of the molecule is O=C(C[C@@]1(O)C(=O)Nc2ccc(Br)cc21)c1ccco1. The first kappa shape index (κ1) is 13.1. The van der Waals surface area contributed by atoms with Gasteiger partial charge in [-0.3, -0.25) is 9.59 Å². The van der Waals surface area contributed by atoms with E-state index >= 15 is 0 Å². The van der Waals surface area contributed by atoms with E-state index in [1.54, 1.807) is 24.3 Å². The molecule has 2 aromatic rings. The van der Waals surface area contributed by atoms with Crippen molar-refractivity contribution in [1.29, 1.82) is 0 Å². The van der Waals surface area contributed by atoms with Crippen LogP contribution in [0.5, 0.6) is 0 Å². The standard InChI is InChI=1S/C14H10BrNO4/c15-8-3-4-10-9(6-8)14(19,13(18)16-10)7-11(17)12-2-1-5-20-12/h1-6,19H,7H2,(H,16,18)/t14-/m0/s1. The first-order valence-corrected chi connectivity index (χ1v) is 6.70. The van der Waals surface area contributed by atoms with Crippen molar-refractivity contribution in [3.63, 3.8) is 0 Å². The summed E-state index contributed by atoms with van der Waals surface area (Å²) in [5.74, 6) is -0.916. The number of ketones is 1. The van der Waals surface area contributed by atoms with E-state index in [-0.39, 0.29) is 12.2 Å². The number of carbonyl (C=O) groups is 2. The van der Waals surface area contributed by atoms with Gasteiger partial charge < -0.3 is 14.8 Å². The number of rotatable bonds is 3. The number of hydrogen-bond donors (Lipinski definition) is 2. The topological polar surface area (TPSA) is 79.5 Å². The summed E-state index contributed by atoms with van der Waals surface area (Å²) in [4.78, 5) is 24.1. The molecular weight excluding hydrogens is 326 g/mol. The van der Waals surface area contributed by atoms with Gasteiger partial charge in [-0.15, -0.1) is 0 Å². The van der Waals surface area contributed by atoms with E-state index in [1.165, 1.54) is 12.3 Å². The highest BCUT2D eigenvalue weighted by Gasteiger charge is 2.47. The van der Waals surface area contributed by atoms with Crippen molar-refractivity contribution in [2.75, 3.05) is 5.32 Å². The van der Waals surface area contributed by atoms with Gasteiger partial charge in [-0.25, -0.2) is 0 Å². The number of hydrogen-bond acceptors (Lipinski definition) is 4. The maximum Gasteiger partial charge on any atom is 0.261 e. The van der Waals surface area contributed by atoms with Gasteiger partial charge in [0.15, 0.2) is 11.4 Å². The van der Waals surface area contributed by atoms with Crippen molar-refractivity contribution in [2.45, 2.75) is 12.0 Å². The molecule has 0 spiro atoms. The van der Waals surface area contributed by atoms with Crippen LogP contribution in [0.2, 0.25) is 0 Å². The maximum atomic E-state index is 12.1. The minimum absolute atomic E-state index is 0.120. The second kappa shape index (κ2) is 4.57. The Hall–Kier alpha value is -1.92. The molecule has 0 radical (unpaired) electrons. The van der Waals surface area contributed by atoms with Crippen LogP contribution in [0.25, 0.3) is 0 Å². The molecule has 3 rings (SSSR count). The number of benzene rings is 1. The second-order valence-electron chi connectivity index (χ2n) is 4.58. The van der Waals surface area contributed by atoms with Gasteiger partial charge in [0, 0.05) is 15.7 Å². The molecule has 0 saturated carbocycles. The van der Waals surface area contributed by atoms with Gasteiger partial charge >= 0.3 is 0 Å². The lowest BCUT2D eigenvalue weighted by atomic mass is 9.89. The molecule has 2 N–H and O–H groups in total. The number of carbonyl (C=O) groups excluding carboxylic acids is 2. The molecule has 1 aromatic carbocycles. The molecule has 0 bridgehead atoms. The largest absolute Gasteiger partial charge is 0.461 e. The summed E-state index contributed by atoms with van der Waals surface area (Å²) < 4.78 is 5.71. The van der Waals surface area contributed by atoms with Crippen LogP contribution in [0.1, 0.15) is 22.5 Å². The fraction of sp³-hybridized carbons (Fsp3) is 0.143. The Bertz CT molecular complexity index is 695. The lowest BCUT2D eigenvalue weighted by Crippen LogP contribution is -2.36. The first-order chi connectivity index (χ1) is 9.50. The number of Topliss-reactive ketones (excluding diaryl/α,β-unsaturated/α-hetero) is 1. The number of fused-ring (bicyclic) bond motifs is 1. The smallest absolute Gasteiger partial charge is 0.261 e. The van der Waals surface area contributed by atoms with Crippen LogP contribution in [0, 0.1) is 0 Å². The Kier molecular flexibility index (Phi) is 2.99. The number of aliphatic hydroxyl groups is 1. The second-order valence-corrected chi connectivity index (χ2v) is 5.50. The molecule has 6 heteroatoms. The van der Waals surface area contributed by atoms with E-state index in [2.05, 4.69) is 21.2 Å². The first-order valence-electron chi connectivity index (χ1n) is 5.91. The van der Waals surface area contributed by atoms with Crippen molar-refractivity contribution >= 4 is 33.3 Å². The zero-order chi connectivity index (χ0) is 14.3. The van der Waals surface area contributed by atoms with Gasteiger partial charge in [-0.1, -0.05) is 15.9 Å². The molecule has 1 aromatic heterocycles. The quantitative estimate of drug-likeness (QED) is 0.844. The van der Waals surface area contributed by atoms with E-state index in [0.29, 0.717) is 11.3 Å². The molecule has 5 nitrogen and oxygen atoms in total. The van der Waals surface area contributed by atoms with Gasteiger partial charge in [0.05, 0.1) is 12.7 Å². The van der Waals surface area contributed by atoms with Crippen molar-refractivity contribution in [3.05, 3.63) is 52.4 Å². The van der Waals surface area contributed by atoms with Crippen LogP contribution < -0.4 is 5.32 Å². The molecule has 102 valence electrons. The summed E-state index contributed by atoms with van der Waals surface area (Å²) >= 11 is 3.29. The summed E-state index contributed by atoms with van der Waals surface area (Å²) in [6.45, 7) is 0. The molecule has 0 aliphatic carbocycles. The van der Waals surface area contributed by atoms with Crippen LogP contribution in [0.4, 0.5) is 5.69 Å². The molecular formula is C14H10BrNO4. The molecule has 0 unspecified atom stereocenters. The summed E-state index contributed by atoms with van der Waals surface area (Å²) in [5, 5.41) is 13.2.